The molecule has 3 aliphatic rings. The van der Waals surface area contributed by atoms with Gasteiger partial charge in [0.05, 0.1) is 0 Å². The third kappa shape index (κ3) is 2.10. The van der Waals surface area contributed by atoms with Crippen LogP contribution in [0.3, 0.4) is 0 Å². The summed E-state index contributed by atoms with van der Waals surface area (Å²) in [5.74, 6) is 0.667. The minimum absolute atomic E-state index is 0.179. The second-order valence-corrected chi connectivity index (χ2v) is 7.31. The Balaban J connectivity index is 1.56. The molecule has 118 valence electrons. The molecule has 0 aromatic heterocycles. The molecule has 1 spiro atoms. The minimum atomic E-state index is 0.179. The Morgan fingerprint density at radius 1 is 1.36 bits per heavy atom. The predicted octanol–water partition coefficient (Wildman–Crippen LogP) is 2.49. The van der Waals surface area contributed by atoms with Crippen LogP contribution < -0.4 is 5.32 Å². The van der Waals surface area contributed by atoms with Gasteiger partial charge in [-0.15, -0.1) is 0 Å². The fourth-order valence-electron chi connectivity index (χ4n) is 4.93. The lowest BCUT2D eigenvalue weighted by Gasteiger charge is -2.29. The molecule has 0 radical (unpaired) electrons. The molecule has 1 saturated heterocycles. The summed E-state index contributed by atoms with van der Waals surface area (Å²) in [4.78, 5) is 15.2. The molecule has 1 heterocycles. The fourth-order valence-corrected chi connectivity index (χ4v) is 4.93. The van der Waals surface area contributed by atoms with Gasteiger partial charge in [-0.2, -0.15) is 0 Å². The molecule has 1 N–H and O–H groups in total. The third-order valence-electron chi connectivity index (χ3n) is 6.10. The van der Waals surface area contributed by atoms with E-state index < -0.39 is 0 Å². The van der Waals surface area contributed by atoms with E-state index in [1.54, 1.807) is 0 Å². The number of amides is 1. The smallest absolute Gasteiger partial charge is 0.226 e. The first-order valence-corrected chi connectivity index (χ1v) is 8.80. The van der Waals surface area contributed by atoms with E-state index in [1.807, 2.05) is 7.05 Å². The maximum Gasteiger partial charge on any atom is 0.226 e. The van der Waals surface area contributed by atoms with Crippen LogP contribution in [0.25, 0.3) is 0 Å². The Morgan fingerprint density at radius 2 is 2.23 bits per heavy atom. The summed E-state index contributed by atoms with van der Waals surface area (Å²) in [6.07, 6.45) is 7.01. The van der Waals surface area contributed by atoms with Crippen molar-refractivity contribution in [3.8, 4) is 0 Å². The Hall–Kier alpha value is -1.35. The van der Waals surface area contributed by atoms with E-state index >= 15 is 0 Å². The molecule has 2 aliphatic carbocycles. The highest BCUT2D eigenvalue weighted by Gasteiger charge is 2.61. The summed E-state index contributed by atoms with van der Waals surface area (Å²) in [6, 6.07) is 9.23. The second-order valence-electron chi connectivity index (χ2n) is 7.31. The van der Waals surface area contributed by atoms with Gasteiger partial charge < -0.3 is 10.2 Å². The molecule has 3 nitrogen and oxygen atoms in total. The molecule has 1 aromatic carbocycles. The first-order chi connectivity index (χ1) is 10.8. The fraction of sp³-hybridized carbons (Fsp3) is 0.632. The number of benzene rings is 1. The number of hydrogen-bond acceptors (Lipinski definition) is 2. The van der Waals surface area contributed by atoms with Crippen LogP contribution in [-0.4, -0.2) is 37.0 Å². The lowest BCUT2D eigenvalue weighted by molar-refractivity contribution is -0.133. The van der Waals surface area contributed by atoms with Gasteiger partial charge in [-0.25, -0.2) is 0 Å². The number of carbonyl (C=O) groups is 1. The summed E-state index contributed by atoms with van der Waals surface area (Å²) in [7, 11) is 1.98. The van der Waals surface area contributed by atoms with Gasteiger partial charge in [-0.3, -0.25) is 4.79 Å². The highest BCUT2D eigenvalue weighted by Crippen LogP contribution is 2.61. The number of hydrogen-bond donors (Lipinski definition) is 1. The van der Waals surface area contributed by atoms with Crippen molar-refractivity contribution in [2.75, 3.05) is 20.1 Å². The van der Waals surface area contributed by atoms with E-state index in [0.717, 1.165) is 32.4 Å². The molecule has 22 heavy (non-hydrogen) atoms. The van der Waals surface area contributed by atoms with Gasteiger partial charge in [0, 0.05) is 30.5 Å². The van der Waals surface area contributed by atoms with E-state index in [1.165, 1.54) is 30.4 Å². The number of likely N-dealkylation sites (N-methyl/N-ethyl adjacent to an activating group) is 1. The molecule has 0 bridgehead atoms. The van der Waals surface area contributed by atoms with Crippen molar-refractivity contribution in [3.63, 3.8) is 0 Å². The molecule has 1 aliphatic heterocycles. The second kappa shape index (κ2) is 5.38. The minimum Gasteiger partial charge on any atom is -0.338 e. The van der Waals surface area contributed by atoms with Crippen LogP contribution in [-0.2, 0) is 16.6 Å². The zero-order valence-electron chi connectivity index (χ0n) is 13.5. The molecular formula is C19H26N2O. The van der Waals surface area contributed by atoms with Crippen LogP contribution in [0.1, 0.15) is 43.2 Å². The van der Waals surface area contributed by atoms with Gasteiger partial charge in [0.2, 0.25) is 5.91 Å². The van der Waals surface area contributed by atoms with Gasteiger partial charge in [-0.1, -0.05) is 24.3 Å². The standard InChI is InChI=1S/C19H26N2O/c1-20-13-15-8-5-11-21(15)18(22)17-12-19(17)10-4-7-14-6-2-3-9-16(14)19/h2-3,6,9,15,17,20H,4-5,7-8,10-13H2,1H3. The third-order valence-corrected chi connectivity index (χ3v) is 6.10. The largest absolute Gasteiger partial charge is 0.338 e. The molecule has 1 saturated carbocycles. The van der Waals surface area contributed by atoms with E-state index in [4.69, 9.17) is 0 Å². The van der Waals surface area contributed by atoms with Crippen LogP contribution in [0, 0.1) is 5.92 Å². The van der Waals surface area contributed by atoms with Crippen molar-refractivity contribution in [3.05, 3.63) is 35.4 Å². The number of nitrogens with zero attached hydrogens (tertiary/aromatic N) is 1. The van der Waals surface area contributed by atoms with Crippen LogP contribution in [0.2, 0.25) is 0 Å². The van der Waals surface area contributed by atoms with Crippen LogP contribution in [0.15, 0.2) is 24.3 Å². The van der Waals surface area contributed by atoms with Crippen LogP contribution >= 0.6 is 0 Å². The lowest BCUT2D eigenvalue weighted by Crippen LogP contribution is -2.42. The van der Waals surface area contributed by atoms with E-state index in [2.05, 4.69) is 34.5 Å². The topological polar surface area (TPSA) is 32.3 Å². The van der Waals surface area contributed by atoms with Crippen molar-refractivity contribution in [1.82, 2.24) is 10.2 Å². The number of carbonyl (C=O) groups excluding carboxylic acids is 1. The molecule has 4 rings (SSSR count). The molecular weight excluding hydrogens is 272 g/mol. The monoisotopic (exact) mass is 298 g/mol. The summed E-state index contributed by atoms with van der Waals surface area (Å²) in [6.45, 7) is 1.89. The molecule has 1 amide bonds. The van der Waals surface area contributed by atoms with Crippen molar-refractivity contribution in [2.45, 2.75) is 50.0 Å². The van der Waals surface area contributed by atoms with E-state index in [-0.39, 0.29) is 11.3 Å². The average Bonchev–Trinajstić information content (AvgIpc) is 3.06. The number of nitrogens with one attached hydrogen (secondary N) is 1. The maximum atomic E-state index is 13.1. The zero-order chi connectivity index (χ0) is 15.2. The summed E-state index contributed by atoms with van der Waals surface area (Å²) < 4.78 is 0. The van der Waals surface area contributed by atoms with Gasteiger partial charge in [0.15, 0.2) is 0 Å². The number of likely N-dealkylation sites (tertiary alicyclic amines) is 1. The average molecular weight is 298 g/mol. The first kappa shape index (κ1) is 14.3. The molecule has 3 heteroatoms. The normalized spacial score (nSPS) is 33.0. The van der Waals surface area contributed by atoms with Crippen molar-refractivity contribution >= 4 is 5.91 Å². The predicted molar refractivity (Wildman–Crippen MR) is 87.8 cm³/mol. The van der Waals surface area contributed by atoms with E-state index in [0.29, 0.717) is 11.9 Å². The highest BCUT2D eigenvalue weighted by atomic mass is 16.2. The van der Waals surface area contributed by atoms with Gasteiger partial charge in [-0.05, 0) is 56.7 Å². The number of aryl methyl sites for hydroxylation is 1. The number of fused-ring (bicyclic) bond motifs is 2. The summed E-state index contributed by atoms with van der Waals surface area (Å²) >= 11 is 0. The Bertz CT molecular complexity index is 585. The SMILES string of the molecule is CNCC1CCCN1C(=O)C1CC12CCCc1ccccc12. The molecule has 2 fully saturated rings. The van der Waals surface area contributed by atoms with Crippen LogP contribution in [0.5, 0.6) is 0 Å². The van der Waals surface area contributed by atoms with Gasteiger partial charge in [0.1, 0.15) is 0 Å². The van der Waals surface area contributed by atoms with Crippen molar-refractivity contribution < 1.29 is 4.79 Å². The molecule has 3 atom stereocenters. The molecule has 1 aromatic rings. The Morgan fingerprint density at radius 3 is 3.09 bits per heavy atom. The Labute approximate surface area is 133 Å². The lowest BCUT2D eigenvalue weighted by atomic mass is 9.78. The quantitative estimate of drug-likeness (QED) is 0.930. The maximum absolute atomic E-state index is 13.1. The Kier molecular flexibility index (Phi) is 3.48. The summed E-state index contributed by atoms with van der Waals surface area (Å²) in [5.41, 5.74) is 3.14. The van der Waals surface area contributed by atoms with E-state index in [9.17, 15) is 4.79 Å². The van der Waals surface area contributed by atoms with Crippen molar-refractivity contribution in [2.24, 2.45) is 5.92 Å². The zero-order valence-corrected chi connectivity index (χ0v) is 13.5. The number of rotatable bonds is 3. The van der Waals surface area contributed by atoms with Crippen molar-refractivity contribution in [1.29, 1.82) is 0 Å². The highest BCUT2D eigenvalue weighted by molar-refractivity contribution is 5.85. The molecule has 3 unspecified atom stereocenters. The van der Waals surface area contributed by atoms with Gasteiger partial charge in [0.25, 0.3) is 0 Å². The van der Waals surface area contributed by atoms with Gasteiger partial charge >= 0.3 is 0 Å². The first-order valence-electron chi connectivity index (χ1n) is 8.80. The summed E-state index contributed by atoms with van der Waals surface area (Å²) in [5, 5.41) is 3.25. The van der Waals surface area contributed by atoms with Crippen LogP contribution in [0.4, 0.5) is 0 Å².